The van der Waals surface area contributed by atoms with Gasteiger partial charge in [0.2, 0.25) is 10.0 Å². The Morgan fingerprint density at radius 1 is 1.31 bits per heavy atom. The first kappa shape index (κ1) is 18.4. The van der Waals surface area contributed by atoms with Crippen LogP contribution in [-0.2, 0) is 10.0 Å². The molecule has 0 spiro atoms. The van der Waals surface area contributed by atoms with Crippen molar-refractivity contribution in [3.63, 3.8) is 0 Å². The number of nitrogens with one attached hydrogen (secondary N) is 2. The van der Waals surface area contributed by atoms with Gasteiger partial charge >= 0.3 is 0 Å². The third-order valence-electron chi connectivity index (χ3n) is 3.66. The summed E-state index contributed by atoms with van der Waals surface area (Å²) in [5.41, 5.74) is 0.190. The molecule has 26 heavy (non-hydrogen) atoms. The topological polar surface area (TPSA) is 97.4 Å². The van der Waals surface area contributed by atoms with E-state index in [4.69, 9.17) is 16.3 Å². The zero-order valence-corrected chi connectivity index (χ0v) is 15.2. The number of ether oxygens (including phenoxy) is 1. The summed E-state index contributed by atoms with van der Waals surface area (Å²) >= 11 is 5.77. The van der Waals surface area contributed by atoms with Gasteiger partial charge in [-0.15, -0.1) is 0 Å². The normalized spacial score (nSPS) is 14.0. The summed E-state index contributed by atoms with van der Waals surface area (Å²) in [7, 11) is -2.18. The van der Waals surface area contributed by atoms with Crippen LogP contribution in [0.25, 0.3) is 0 Å². The summed E-state index contributed by atoms with van der Waals surface area (Å²) in [5, 5.41) is 2.18. The molecule has 138 valence electrons. The minimum absolute atomic E-state index is 0.000115. The minimum atomic E-state index is -3.52. The highest BCUT2D eigenvalue weighted by atomic mass is 35.5. The second-order valence-electron chi connectivity index (χ2n) is 5.73. The molecule has 0 atom stereocenters. The van der Waals surface area contributed by atoms with Crippen molar-refractivity contribution in [2.45, 2.75) is 18.1 Å². The largest absolute Gasteiger partial charge is 0.494 e. The van der Waals surface area contributed by atoms with Crippen LogP contribution < -0.4 is 14.8 Å². The number of pyridine rings is 1. The molecule has 1 aromatic carbocycles. The van der Waals surface area contributed by atoms with Crippen molar-refractivity contribution in [2.75, 3.05) is 17.1 Å². The van der Waals surface area contributed by atoms with Crippen LogP contribution >= 0.6 is 11.6 Å². The van der Waals surface area contributed by atoms with E-state index in [1.807, 2.05) is 0 Å². The van der Waals surface area contributed by atoms with E-state index in [2.05, 4.69) is 15.0 Å². The predicted octanol–water partition coefficient (Wildman–Crippen LogP) is 3.04. The molecule has 2 N–H and O–H groups in total. The maximum absolute atomic E-state index is 13.4. The first-order valence-electron chi connectivity index (χ1n) is 7.61. The second kappa shape index (κ2) is 7.08. The van der Waals surface area contributed by atoms with E-state index in [1.165, 1.54) is 25.4 Å². The first-order chi connectivity index (χ1) is 12.3. The number of carbonyl (C=O) groups is 1. The fourth-order valence-corrected chi connectivity index (χ4v) is 3.82. The quantitative estimate of drug-likeness (QED) is 0.778. The average molecular weight is 400 g/mol. The number of halogens is 2. The van der Waals surface area contributed by atoms with Gasteiger partial charge in [0, 0.05) is 10.7 Å². The number of aromatic nitrogens is 1. The fraction of sp³-hybridized carbons (Fsp3) is 0.250. The maximum Gasteiger partial charge on any atom is 0.259 e. The zero-order valence-electron chi connectivity index (χ0n) is 13.6. The maximum atomic E-state index is 13.4. The van der Waals surface area contributed by atoms with E-state index >= 15 is 0 Å². The number of methoxy groups -OCH3 is 1. The zero-order chi connectivity index (χ0) is 18.9. The molecule has 1 heterocycles. The molecule has 1 aliphatic carbocycles. The van der Waals surface area contributed by atoms with Gasteiger partial charge in [0.05, 0.1) is 24.1 Å². The van der Waals surface area contributed by atoms with Crippen molar-refractivity contribution in [1.29, 1.82) is 0 Å². The lowest BCUT2D eigenvalue weighted by Crippen LogP contribution is -2.19. The van der Waals surface area contributed by atoms with Crippen molar-refractivity contribution in [3.8, 4) is 5.75 Å². The lowest BCUT2D eigenvalue weighted by molar-refractivity contribution is 0.102. The lowest BCUT2D eigenvalue weighted by atomic mass is 10.2. The van der Waals surface area contributed by atoms with Crippen LogP contribution in [0.4, 0.5) is 15.9 Å². The fourth-order valence-electron chi connectivity index (χ4n) is 2.27. The number of anilines is 2. The highest BCUT2D eigenvalue weighted by Gasteiger charge is 2.36. The molecule has 1 aromatic heterocycles. The first-order valence-corrected chi connectivity index (χ1v) is 9.54. The van der Waals surface area contributed by atoms with Crippen LogP contribution in [0.1, 0.15) is 23.2 Å². The van der Waals surface area contributed by atoms with Crippen molar-refractivity contribution in [3.05, 3.63) is 46.9 Å². The summed E-state index contributed by atoms with van der Waals surface area (Å²) in [6.07, 6.45) is 2.43. The standard InChI is InChI=1S/C16H15ClFN3O4S/c1-25-14-8-19-15(21-26(23,24)12-2-3-12)7-13(14)16(22)20-11-5-9(17)4-10(18)6-11/h4-8,12H,2-3H2,1H3,(H,19,21)(H,20,22). The summed E-state index contributed by atoms with van der Waals surface area (Å²) in [5.74, 6) is -1.09. The third kappa shape index (κ3) is 4.23. The third-order valence-corrected chi connectivity index (χ3v) is 5.72. The van der Waals surface area contributed by atoms with Gasteiger partial charge in [-0.05, 0) is 37.1 Å². The molecular formula is C16H15ClFN3O4S. The molecule has 0 radical (unpaired) electrons. The van der Waals surface area contributed by atoms with Crippen LogP contribution in [0, 0.1) is 5.82 Å². The summed E-state index contributed by atoms with van der Waals surface area (Å²) in [4.78, 5) is 16.5. The monoisotopic (exact) mass is 399 g/mol. The predicted molar refractivity (Wildman–Crippen MR) is 95.7 cm³/mol. The van der Waals surface area contributed by atoms with Gasteiger partial charge in [0.15, 0.2) is 0 Å². The molecule has 10 heteroatoms. The Hall–Kier alpha value is -2.39. The van der Waals surface area contributed by atoms with E-state index in [1.54, 1.807) is 0 Å². The number of hydrogen-bond donors (Lipinski definition) is 2. The number of hydrogen-bond acceptors (Lipinski definition) is 5. The van der Waals surface area contributed by atoms with Crippen LogP contribution in [0.3, 0.4) is 0 Å². The van der Waals surface area contributed by atoms with Gasteiger partial charge in [0.25, 0.3) is 5.91 Å². The second-order valence-corrected chi connectivity index (χ2v) is 8.13. The van der Waals surface area contributed by atoms with E-state index in [9.17, 15) is 17.6 Å². The molecule has 0 unspecified atom stereocenters. The number of rotatable bonds is 6. The Labute approximate surface area is 154 Å². The minimum Gasteiger partial charge on any atom is -0.494 e. The van der Waals surface area contributed by atoms with E-state index < -0.39 is 27.0 Å². The van der Waals surface area contributed by atoms with Crippen LogP contribution in [-0.4, -0.2) is 31.7 Å². The van der Waals surface area contributed by atoms with Crippen molar-refractivity contribution in [1.82, 2.24) is 4.98 Å². The molecule has 1 fully saturated rings. The van der Waals surface area contributed by atoms with Crippen molar-refractivity contribution < 1.29 is 22.3 Å². The van der Waals surface area contributed by atoms with Gasteiger partial charge < -0.3 is 10.1 Å². The molecule has 0 saturated heterocycles. The van der Waals surface area contributed by atoms with Gasteiger partial charge in [0.1, 0.15) is 17.4 Å². The lowest BCUT2D eigenvalue weighted by Gasteiger charge is -2.12. The summed E-state index contributed by atoms with van der Waals surface area (Å²) < 4.78 is 44.9. The van der Waals surface area contributed by atoms with Gasteiger partial charge in [-0.3, -0.25) is 9.52 Å². The van der Waals surface area contributed by atoms with E-state index in [0.29, 0.717) is 12.8 Å². The summed E-state index contributed by atoms with van der Waals surface area (Å²) in [6.45, 7) is 0. The Morgan fingerprint density at radius 2 is 2.04 bits per heavy atom. The van der Waals surface area contributed by atoms with Crippen LogP contribution in [0.15, 0.2) is 30.5 Å². The molecule has 3 rings (SSSR count). The van der Waals surface area contributed by atoms with E-state index in [-0.39, 0.29) is 27.8 Å². The van der Waals surface area contributed by atoms with Crippen molar-refractivity contribution >= 4 is 39.0 Å². The molecule has 1 saturated carbocycles. The van der Waals surface area contributed by atoms with Crippen LogP contribution in [0.5, 0.6) is 5.75 Å². The van der Waals surface area contributed by atoms with Gasteiger partial charge in [-0.1, -0.05) is 11.6 Å². The molecule has 0 bridgehead atoms. The molecule has 0 aliphatic heterocycles. The molecule has 1 amide bonds. The smallest absolute Gasteiger partial charge is 0.259 e. The average Bonchev–Trinajstić information content (AvgIpc) is 3.38. The number of nitrogens with zero attached hydrogens (tertiary/aromatic N) is 1. The van der Waals surface area contributed by atoms with Gasteiger partial charge in [-0.2, -0.15) is 0 Å². The Bertz CT molecular complexity index is 944. The van der Waals surface area contributed by atoms with Gasteiger partial charge in [-0.25, -0.2) is 17.8 Å². The number of carbonyl (C=O) groups excluding carboxylic acids is 1. The molecule has 7 nitrogen and oxygen atoms in total. The number of sulfonamides is 1. The Morgan fingerprint density at radius 3 is 2.65 bits per heavy atom. The molecule has 1 aliphatic rings. The van der Waals surface area contributed by atoms with Crippen LogP contribution in [0.2, 0.25) is 5.02 Å². The Balaban J connectivity index is 1.86. The SMILES string of the molecule is COc1cnc(NS(=O)(=O)C2CC2)cc1C(=O)Nc1cc(F)cc(Cl)c1. The summed E-state index contributed by atoms with van der Waals surface area (Å²) in [6, 6.07) is 4.85. The van der Waals surface area contributed by atoms with E-state index in [0.717, 1.165) is 12.1 Å². The number of benzene rings is 1. The molecular weight excluding hydrogens is 385 g/mol. The van der Waals surface area contributed by atoms with Crippen molar-refractivity contribution in [2.24, 2.45) is 0 Å². The number of amides is 1. The molecule has 2 aromatic rings. The highest BCUT2D eigenvalue weighted by Crippen LogP contribution is 2.30. The highest BCUT2D eigenvalue weighted by molar-refractivity contribution is 7.93. The Kier molecular flexibility index (Phi) is 5.01.